The molecule has 0 bridgehead atoms. The van der Waals surface area contributed by atoms with Gasteiger partial charge >= 0.3 is 12.0 Å². The number of carboxylic acids is 1. The lowest BCUT2D eigenvalue weighted by atomic mass is 10.2. The fourth-order valence-corrected chi connectivity index (χ4v) is 0.997. The van der Waals surface area contributed by atoms with Crippen molar-refractivity contribution in [3.8, 4) is 6.07 Å². The molecule has 0 aliphatic carbocycles. The van der Waals surface area contributed by atoms with E-state index in [-0.39, 0.29) is 11.3 Å². The van der Waals surface area contributed by atoms with Gasteiger partial charge in [0.1, 0.15) is 5.82 Å². The van der Waals surface area contributed by atoms with Crippen molar-refractivity contribution in [2.24, 2.45) is 0 Å². The Hall–Kier alpha value is -2.66. The second-order valence-electron chi connectivity index (χ2n) is 3.05. The number of urea groups is 1. The standard InChI is InChI=1S/C10H8FN3O4/c11-7-3-6(4-12)1-2-8(7)13-10(17)14-18-5-9(15)16/h1-3H,5H2,(H,15,16)(H2,13,14,17). The molecule has 1 aromatic carbocycles. The zero-order valence-electron chi connectivity index (χ0n) is 8.94. The monoisotopic (exact) mass is 253 g/mol. The van der Waals surface area contributed by atoms with Crippen molar-refractivity contribution in [3.63, 3.8) is 0 Å². The van der Waals surface area contributed by atoms with Crippen LogP contribution in [0.1, 0.15) is 5.56 Å². The molecule has 7 nitrogen and oxygen atoms in total. The number of halogens is 1. The van der Waals surface area contributed by atoms with E-state index < -0.39 is 24.4 Å². The molecule has 0 spiro atoms. The van der Waals surface area contributed by atoms with Crippen molar-refractivity contribution < 1.29 is 23.9 Å². The first-order valence-corrected chi connectivity index (χ1v) is 4.63. The van der Waals surface area contributed by atoms with E-state index in [4.69, 9.17) is 10.4 Å². The largest absolute Gasteiger partial charge is 0.479 e. The number of amides is 2. The molecule has 1 aromatic rings. The van der Waals surface area contributed by atoms with Gasteiger partial charge < -0.3 is 10.4 Å². The fraction of sp³-hybridized carbons (Fsp3) is 0.100. The molecule has 8 heteroatoms. The van der Waals surface area contributed by atoms with Crippen molar-refractivity contribution in [2.75, 3.05) is 11.9 Å². The summed E-state index contributed by atoms with van der Waals surface area (Å²) in [6.45, 7) is -0.719. The molecule has 0 radical (unpaired) electrons. The molecule has 1 rings (SSSR count). The highest BCUT2D eigenvalue weighted by Crippen LogP contribution is 2.14. The molecule has 0 unspecified atom stereocenters. The van der Waals surface area contributed by atoms with E-state index in [0.29, 0.717) is 0 Å². The van der Waals surface area contributed by atoms with Crippen LogP contribution >= 0.6 is 0 Å². The average Bonchev–Trinajstić information content (AvgIpc) is 2.31. The highest BCUT2D eigenvalue weighted by molar-refractivity contribution is 5.88. The van der Waals surface area contributed by atoms with Gasteiger partial charge in [0.25, 0.3) is 0 Å². The zero-order chi connectivity index (χ0) is 13.5. The van der Waals surface area contributed by atoms with E-state index >= 15 is 0 Å². The van der Waals surface area contributed by atoms with E-state index in [1.807, 2.05) is 0 Å². The summed E-state index contributed by atoms with van der Waals surface area (Å²) in [6, 6.07) is 4.27. The molecule has 0 saturated carbocycles. The number of benzene rings is 1. The minimum Gasteiger partial charge on any atom is -0.479 e. The van der Waals surface area contributed by atoms with Crippen LogP contribution in [0.2, 0.25) is 0 Å². The first kappa shape index (κ1) is 13.4. The summed E-state index contributed by atoms with van der Waals surface area (Å²) in [4.78, 5) is 25.5. The fourth-order valence-electron chi connectivity index (χ4n) is 0.997. The number of rotatable bonds is 4. The molecule has 2 amide bonds. The number of nitriles is 1. The van der Waals surface area contributed by atoms with E-state index in [1.165, 1.54) is 12.1 Å². The smallest absolute Gasteiger partial charge is 0.343 e. The maximum atomic E-state index is 13.3. The Bertz CT molecular complexity index is 512. The number of nitrogens with zero attached hydrogens (tertiary/aromatic N) is 1. The minimum absolute atomic E-state index is 0.112. The number of aliphatic carboxylic acids is 1. The van der Waals surface area contributed by atoms with Crippen LogP contribution in [0.3, 0.4) is 0 Å². The number of carbonyl (C=O) groups is 2. The Morgan fingerprint density at radius 2 is 2.22 bits per heavy atom. The van der Waals surface area contributed by atoms with Gasteiger partial charge in [-0.3, -0.25) is 4.84 Å². The number of hydrogen-bond acceptors (Lipinski definition) is 4. The van der Waals surface area contributed by atoms with Gasteiger partial charge in [0.15, 0.2) is 6.61 Å². The van der Waals surface area contributed by atoms with Crippen LogP contribution in [0.4, 0.5) is 14.9 Å². The van der Waals surface area contributed by atoms with Crippen LogP contribution in [0, 0.1) is 17.1 Å². The first-order chi connectivity index (χ1) is 8.52. The van der Waals surface area contributed by atoms with Crippen molar-refractivity contribution >= 4 is 17.7 Å². The normalized spacial score (nSPS) is 9.33. The second kappa shape index (κ2) is 6.17. The van der Waals surface area contributed by atoms with Crippen molar-refractivity contribution in [2.45, 2.75) is 0 Å². The highest BCUT2D eigenvalue weighted by Gasteiger charge is 2.08. The third kappa shape index (κ3) is 4.07. The van der Waals surface area contributed by atoms with Crippen LogP contribution in [-0.2, 0) is 9.63 Å². The summed E-state index contributed by atoms with van der Waals surface area (Å²) in [5, 5.41) is 18.8. The SMILES string of the molecule is N#Cc1ccc(NC(=O)NOCC(=O)O)c(F)c1. The Balaban J connectivity index is 2.54. The van der Waals surface area contributed by atoms with Crippen LogP contribution in [-0.4, -0.2) is 23.7 Å². The van der Waals surface area contributed by atoms with Crippen LogP contribution in [0.5, 0.6) is 0 Å². The van der Waals surface area contributed by atoms with Crippen molar-refractivity contribution in [3.05, 3.63) is 29.6 Å². The van der Waals surface area contributed by atoms with Crippen molar-refractivity contribution in [1.29, 1.82) is 5.26 Å². The van der Waals surface area contributed by atoms with E-state index in [0.717, 1.165) is 6.07 Å². The average molecular weight is 253 g/mol. The van der Waals surface area contributed by atoms with Gasteiger partial charge in [-0.05, 0) is 18.2 Å². The van der Waals surface area contributed by atoms with Crippen LogP contribution < -0.4 is 10.8 Å². The van der Waals surface area contributed by atoms with Gasteiger partial charge in [0.05, 0.1) is 17.3 Å². The molecule has 0 aliphatic heterocycles. The molecule has 0 aliphatic rings. The summed E-state index contributed by atoms with van der Waals surface area (Å²) in [5.74, 6) is -2.05. The van der Waals surface area contributed by atoms with Crippen LogP contribution in [0.25, 0.3) is 0 Å². The van der Waals surface area contributed by atoms with Gasteiger partial charge in [-0.1, -0.05) is 0 Å². The number of hydrogen-bond donors (Lipinski definition) is 3. The van der Waals surface area contributed by atoms with Gasteiger partial charge in [-0.25, -0.2) is 19.5 Å². The summed E-state index contributed by atoms with van der Waals surface area (Å²) in [7, 11) is 0. The van der Waals surface area contributed by atoms with Gasteiger partial charge in [-0.15, -0.1) is 0 Å². The predicted molar refractivity (Wildman–Crippen MR) is 56.9 cm³/mol. The molecule has 3 N–H and O–H groups in total. The summed E-state index contributed by atoms with van der Waals surface area (Å²) in [6.07, 6.45) is 0. The molecule has 0 atom stereocenters. The first-order valence-electron chi connectivity index (χ1n) is 4.63. The third-order valence-corrected chi connectivity index (χ3v) is 1.71. The molecule has 18 heavy (non-hydrogen) atoms. The Morgan fingerprint density at radius 1 is 1.50 bits per heavy atom. The Morgan fingerprint density at radius 3 is 2.78 bits per heavy atom. The second-order valence-corrected chi connectivity index (χ2v) is 3.05. The minimum atomic E-state index is -1.26. The number of carboxylic acid groups (broad SMARTS) is 1. The molecular formula is C10H8FN3O4. The topological polar surface area (TPSA) is 111 Å². The predicted octanol–water partition coefficient (Wildman–Crippen LogP) is 0.835. The number of carbonyl (C=O) groups excluding carboxylic acids is 1. The quantitative estimate of drug-likeness (QED) is 0.688. The molecule has 94 valence electrons. The summed E-state index contributed by atoms with van der Waals surface area (Å²) in [5.41, 5.74) is 1.71. The molecule has 0 aromatic heterocycles. The maximum Gasteiger partial charge on any atom is 0.343 e. The molecular weight excluding hydrogens is 245 g/mol. The lowest BCUT2D eigenvalue weighted by Crippen LogP contribution is -2.31. The Labute approximate surface area is 101 Å². The number of anilines is 1. The lowest BCUT2D eigenvalue weighted by molar-refractivity contribution is -0.143. The molecule has 0 heterocycles. The van der Waals surface area contributed by atoms with E-state index in [2.05, 4.69) is 10.2 Å². The van der Waals surface area contributed by atoms with Gasteiger partial charge in [-0.2, -0.15) is 5.26 Å². The maximum absolute atomic E-state index is 13.3. The molecule has 0 saturated heterocycles. The van der Waals surface area contributed by atoms with Crippen LogP contribution in [0.15, 0.2) is 18.2 Å². The Kier molecular flexibility index (Phi) is 4.59. The zero-order valence-corrected chi connectivity index (χ0v) is 8.94. The van der Waals surface area contributed by atoms with E-state index in [1.54, 1.807) is 11.5 Å². The molecule has 0 fully saturated rings. The van der Waals surface area contributed by atoms with Gasteiger partial charge in [0, 0.05) is 0 Å². The number of nitrogens with one attached hydrogen (secondary N) is 2. The summed E-state index contributed by atoms with van der Waals surface area (Å²) < 4.78 is 13.3. The van der Waals surface area contributed by atoms with E-state index in [9.17, 15) is 14.0 Å². The summed E-state index contributed by atoms with van der Waals surface area (Å²) >= 11 is 0. The van der Waals surface area contributed by atoms with Crippen molar-refractivity contribution in [1.82, 2.24) is 5.48 Å². The van der Waals surface area contributed by atoms with Gasteiger partial charge in [0.2, 0.25) is 0 Å². The lowest BCUT2D eigenvalue weighted by Gasteiger charge is -2.07. The highest BCUT2D eigenvalue weighted by atomic mass is 19.1. The number of hydroxylamine groups is 1. The third-order valence-electron chi connectivity index (χ3n) is 1.71.